The number of hydrogen-bond acceptors (Lipinski definition) is 4. The van der Waals surface area contributed by atoms with Crippen molar-refractivity contribution in [2.75, 3.05) is 5.32 Å². The summed E-state index contributed by atoms with van der Waals surface area (Å²) in [6, 6.07) is 0. The Bertz CT molecular complexity index is 663. The van der Waals surface area contributed by atoms with Gasteiger partial charge < -0.3 is 16.2 Å². The number of allylic oxidation sites excluding steroid dienone is 2. The fourth-order valence-electron chi connectivity index (χ4n) is 2.59. The Hall–Kier alpha value is -2.15. The predicted molar refractivity (Wildman–Crippen MR) is 83.9 cm³/mol. The van der Waals surface area contributed by atoms with Crippen LogP contribution < -0.4 is 11.1 Å². The van der Waals surface area contributed by atoms with Crippen LogP contribution in [0.3, 0.4) is 0 Å². The van der Waals surface area contributed by atoms with E-state index in [2.05, 4.69) is 5.32 Å². The molecule has 2 atom stereocenters. The first-order chi connectivity index (χ1) is 10.3. The number of carboxylic acid groups (broad SMARTS) is 1. The minimum absolute atomic E-state index is 0.300. The molecular weight excluding hydrogens is 304 g/mol. The van der Waals surface area contributed by atoms with Crippen molar-refractivity contribution in [1.29, 1.82) is 0 Å². The standard InChI is InChI=1S/C15H18N2O4S/c1-7-8(2)22-14(11(7)12(16)18)17-13(19)9-5-3-4-6-10(9)15(20)21/h3-4,9-10H,5-6H2,1-2H3,(H2,16,18)(H,17,19)(H,20,21)/t9-,10+/m0/s1. The Balaban J connectivity index is 2.25. The number of nitrogens with two attached hydrogens (primary N) is 1. The highest BCUT2D eigenvalue weighted by molar-refractivity contribution is 7.16. The van der Waals surface area contributed by atoms with Crippen LogP contribution in [-0.2, 0) is 9.59 Å². The van der Waals surface area contributed by atoms with Crippen molar-refractivity contribution in [3.63, 3.8) is 0 Å². The summed E-state index contributed by atoms with van der Waals surface area (Å²) in [5, 5.41) is 12.3. The second-order valence-electron chi connectivity index (χ2n) is 5.33. The van der Waals surface area contributed by atoms with Crippen LogP contribution in [-0.4, -0.2) is 22.9 Å². The van der Waals surface area contributed by atoms with Crippen molar-refractivity contribution in [2.45, 2.75) is 26.7 Å². The fraction of sp³-hybridized carbons (Fsp3) is 0.400. The average molecular weight is 322 g/mol. The maximum atomic E-state index is 12.4. The molecule has 0 unspecified atom stereocenters. The third kappa shape index (κ3) is 3.04. The molecule has 6 nitrogen and oxygen atoms in total. The Kier molecular flexibility index (Phi) is 4.65. The number of carboxylic acids is 1. The molecule has 1 heterocycles. The van der Waals surface area contributed by atoms with Gasteiger partial charge in [-0.25, -0.2) is 0 Å². The number of carbonyl (C=O) groups excluding carboxylic acids is 2. The molecule has 0 saturated carbocycles. The van der Waals surface area contributed by atoms with Crippen molar-refractivity contribution >= 4 is 34.1 Å². The van der Waals surface area contributed by atoms with Crippen LogP contribution >= 0.6 is 11.3 Å². The molecule has 0 saturated heterocycles. The molecule has 1 aliphatic carbocycles. The van der Waals surface area contributed by atoms with Gasteiger partial charge >= 0.3 is 5.97 Å². The maximum Gasteiger partial charge on any atom is 0.307 e. The summed E-state index contributed by atoms with van der Waals surface area (Å²) >= 11 is 1.27. The summed E-state index contributed by atoms with van der Waals surface area (Å²) in [4.78, 5) is 36.1. The SMILES string of the molecule is Cc1sc(NC(=O)[C@H]2CC=CC[C@H]2C(=O)O)c(C(N)=O)c1C. The van der Waals surface area contributed by atoms with Crippen molar-refractivity contribution in [3.05, 3.63) is 28.2 Å². The number of aliphatic carboxylic acids is 1. The molecule has 22 heavy (non-hydrogen) atoms. The smallest absolute Gasteiger partial charge is 0.307 e. The van der Waals surface area contributed by atoms with Crippen LogP contribution in [0.1, 0.15) is 33.6 Å². The summed E-state index contributed by atoms with van der Waals surface area (Å²) in [6.07, 6.45) is 4.29. The van der Waals surface area contributed by atoms with E-state index in [9.17, 15) is 19.5 Å². The van der Waals surface area contributed by atoms with E-state index in [1.807, 2.05) is 13.0 Å². The summed E-state index contributed by atoms with van der Waals surface area (Å²) in [5.41, 5.74) is 6.41. The molecule has 0 spiro atoms. The molecular formula is C15H18N2O4S. The molecule has 1 aromatic heterocycles. The van der Waals surface area contributed by atoms with Gasteiger partial charge in [0.1, 0.15) is 5.00 Å². The van der Waals surface area contributed by atoms with Gasteiger partial charge in [-0.15, -0.1) is 11.3 Å². The maximum absolute atomic E-state index is 12.4. The largest absolute Gasteiger partial charge is 0.481 e. The first-order valence-electron chi connectivity index (χ1n) is 6.91. The third-order valence-corrected chi connectivity index (χ3v) is 5.08. The molecule has 1 aromatic rings. The van der Waals surface area contributed by atoms with E-state index < -0.39 is 23.7 Å². The van der Waals surface area contributed by atoms with Crippen molar-refractivity contribution < 1.29 is 19.5 Å². The van der Waals surface area contributed by atoms with E-state index in [-0.39, 0.29) is 5.91 Å². The lowest BCUT2D eigenvalue weighted by Gasteiger charge is -2.24. The topological polar surface area (TPSA) is 109 Å². The molecule has 1 aliphatic rings. The highest BCUT2D eigenvalue weighted by Crippen LogP contribution is 2.34. The Morgan fingerprint density at radius 2 is 1.82 bits per heavy atom. The Morgan fingerprint density at radius 3 is 2.36 bits per heavy atom. The molecule has 0 bridgehead atoms. The lowest BCUT2D eigenvalue weighted by molar-refractivity contribution is -0.146. The number of thiophene rings is 1. The van der Waals surface area contributed by atoms with Gasteiger partial charge in [-0.2, -0.15) is 0 Å². The van der Waals surface area contributed by atoms with Gasteiger partial charge in [0.25, 0.3) is 5.91 Å². The summed E-state index contributed by atoms with van der Waals surface area (Å²) in [6.45, 7) is 3.61. The van der Waals surface area contributed by atoms with Crippen molar-refractivity contribution in [2.24, 2.45) is 17.6 Å². The summed E-state index contributed by atoms with van der Waals surface area (Å²) in [5.74, 6) is -3.37. The first-order valence-corrected chi connectivity index (χ1v) is 7.73. The molecule has 118 valence electrons. The molecule has 2 amide bonds. The zero-order chi connectivity index (χ0) is 16.4. The average Bonchev–Trinajstić information content (AvgIpc) is 2.73. The number of carbonyl (C=O) groups is 3. The fourth-order valence-corrected chi connectivity index (χ4v) is 3.66. The third-order valence-electron chi connectivity index (χ3n) is 3.95. The highest BCUT2D eigenvalue weighted by Gasteiger charge is 2.34. The van der Waals surface area contributed by atoms with Gasteiger partial charge in [0.15, 0.2) is 0 Å². The molecule has 0 fully saturated rings. The molecule has 0 aliphatic heterocycles. The second-order valence-corrected chi connectivity index (χ2v) is 6.56. The van der Waals surface area contributed by atoms with Gasteiger partial charge in [0.2, 0.25) is 5.91 Å². The van der Waals surface area contributed by atoms with Gasteiger partial charge in [0, 0.05) is 4.88 Å². The Labute approximate surface area is 132 Å². The van der Waals surface area contributed by atoms with E-state index in [4.69, 9.17) is 5.73 Å². The van der Waals surface area contributed by atoms with Gasteiger partial charge in [-0.3, -0.25) is 14.4 Å². The van der Waals surface area contributed by atoms with Gasteiger partial charge in [0.05, 0.1) is 17.4 Å². The van der Waals surface area contributed by atoms with Crippen molar-refractivity contribution in [3.8, 4) is 0 Å². The van der Waals surface area contributed by atoms with Crippen LogP contribution in [0.25, 0.3) is 0 Å². The van der Waals surface area contributed by atoms with Gasteiger partial charge in [-0.1, -0.05) is 12.2 Å². The number of amides is 2. The van der Waals surface area contributed by atoms with Crippen LogP contribution in [0, 0.1) is 25.7 Å². The lowest BCUT2D eigenvalue weighted by atomic mass is 9.82. The van der Waals surface area contributed by atoms with E-state index >= 15 is 0 Å². The van der Waals surface area contributed by atoms with E-state index in [0.717, 1.165) is 10.4 Å². The normalized spacial score (nSPS) is 20.6. The van der Waals surface area contributed by atoms with Crippen LogP contribution in [0.4, 0.5) is 5.00 Å². The quantitative estimate of drug-likeness (QED) is 0.737. The highest BCUT2D eigenvalue weighted by atomic mass is 32.1. The molecule has 0 radical (unpaired) electrons. The second kappa shape index (κ2) is 6.31. The zero-order valence-electron chi connectivity index (χ0n) is 12.4. The van der Waals surface area contributed by atoms with Crippen molar-refractivity contribution in [1.82, 2.24) is 0 Å². The monoisotopic (exact) mass is 322 g/mol. The molecule has 0 aromatic carbocycles. The number of hydrogen-bond donors (Lipinski definition) is 3. The first kappa shape index (κ1) is 16.2. The van der Waals surface area contributed by atoms with Crippen LogP contribution in [0.2, 0.25) is 0 Å². The van der Waals surface area contributed by atoms with Crippen LogP contribution in [0.5, 0.6) is 0 Å². The number of primary amides is 1. The molecule has 4 N–H and O–H groups in total. The summed E-state index contributed by atoms with van der Waals surface area (Å²) < 4.78 is 0. The number of anilines is 1. The van der Waals surface area contributed by atoms with Crippen LogP contribution in [0.15, 0.2) is 12.2 Å². The number of aryl methyl sites for hydroxylation is 1. The predicted octanol–water partition coefficient (Wildman–Crippen LogP) is 2.07. The lowest BCUT2D eigenvalue weighted by Crippen LogP contribution is -2.35. The van der Waals surface area contributed by atoms with E-state index in [1.54, 1.807) is 13.0 Å². The minimum Gasteiger partial charge on any atom is -0.481 e. The Morgan fingerprint density at radius 1 is 1.23 bits per heavy atom. The van der Waals surface area contributed by atoms with Gasteiger partial charge in [-0.05, 0) is 32.3 Å². The molecule has 2 rings (SSSR count). The number of rotatable bonds is 4. The zero-order valence-corrected chi connectivity index (χ0v) is 13.2. The number of nitrogens with one attached hydrogen (secondary N) is 1. The van der Waals surface area contributed by atoms with E-state index in [0.29, 0.717) is 23.4 Å². The van der Waals surface area contributed by atoms with E-state index in [1.165, 1.54) is 11.3 Å². The minimum atomic E-state index is -0.988. The molecule has 7 heteroatoms. The summed E-state index contributed by atoms with van der Waals surface area (Å²) in [7, 11) is 0.